The fraction of sp³-hybridized carbons (Fsp3) is 0.389. The lowest BCUT2D eigenvalue weighted by Gasteiger charge is -2.22. The van der Waals surface area contributed by atoms with E-state index in [-0.39, 0.29) is 10.8 Å². The molecule has 0 aliphatic carbocycles. The van der Waals surface area contributed by atoms with Crippen molar-refractivity contribution in [2.24, 2.45) is 7.05 Å². The number of rotatable bonds is 4. The summed E-state index contributed by atoms with van der Waals surface area (Å²) >= 11 is 12.7. The Kier molecular flexibility index (Phi) is 6.34. The van der Waals surface area contributed by atoms with Crippen molar-refractivity contribution in [1.29, 1.82) is 0 Å². The second-order valence-electron chi connectivity index (χ2n) is 7.19. The average Bonchev–Trinajstić information content (AvgIpc) is 2.52. The summed E-state index contributed by atoms with van der Waals surface area (Å²) in [6, 6.07) is 3.50. The topological polar surface area (TPSA) is 44.0 Å². The standard InChI is InChI=1S/C18H20Cl2F3N2O2P/c1-10-6-12(19)11(8-15(20)28(3,4)5)7-13(10)25-16(26)9-14(18(21,22)23)24(2)17(25)27/h6-7,9,15H,3,8H2,1-2,4-5H3. The summed E-state index contributed by atoms with van der Waals surface area (Å²) in [5.74, 6) is 0. The van der Waals surface area contributed by atoms with Crippen LogP contribution in [-0.4, -0.2) is 33.9 Å². The molecule has 1 aromatic heterocycles. The molecule has 1 unspecified atom stereocenters. The fourth-order valence-corrected chi connectivity index (χ4v) is 3.80. The lowest BCUT2D eigenvalue weighted by Crippen LogP contribution is -2.41. The third-order valence-electron chi connectivity index (χ3n) is 4.36. The van der Waals surface area contributed by atoms with Gasteiger partial charge in [-0.05, 0) is 49.9 Å². The SMILES string of the molecule is C=P(C)(C)C(Cl)Cc1cc(-n2c(=O)cc(C(F)(F)F)n(C)c2=O)c(C)cc1Cl. The van der Waals surface area contributed by atoms with Gasteiger partial charge in [0.05, 0.1) is 10.8 Å². The predicted octanol–water partition coefficient (Wildman–Crippen LogP) is 4.33. The molecule has 154 valence electrons. The molecule has 2 rings (SSSR count). The summed E-state index contributed by atoms with van der Waals surface area (Å²) in [5, 5.41) is 0.116. The minimum absolute atomic E-state index is 0.169. The van der Waals surface area contributed by atoms with E-state index in [2.05, 4.69) is 6.30 Å². The summed E-state index contributed by atoms with van der Waals surface area (Å²) in [5.41, 5.74) is -2.24. The minimum atomic E-state index is -4.82. The van der Waals surface area contributed by atoms with E-state index in [1.54, 1.807) is 13.0 Å². The zero-order chi connectivity index (χ0) is 21.6. The number of halogens is 5. The highest BCUT2D eigenvalue weighted by Crippen LogP contribution is 2.46. The Balaban J connectivity index is 2.72. The summed E-state index contributed by atoms with van der Waals surface area (Å²) < 4.78 is 40.3. The number of hydrogen-bond acceptors (Lipinski definition) is 2. The van der Waals surface area contributed by atoms with E-state index in [1.165, 1.54) is 6.07 Å². The molecule has 1 atom stereocenters. The van der Waals surface area contributed by atoms with E-state index in [0.29, 0.717) is 37.8 Å². The first-order valence-electron chi connectivity index (χ1n) is 8.16. The molecule has 10 heteroatoms. The number of benzene rings is 1. The fourth-order valence-electron chi connectivity index (χ4n) is 2.65. The van der Waals surface area contributed by atoms with Gasteiger partial charge < -0.3 is 0 Å². The maximum Gasteiger partial charge on any atom is 0.431 e. The Hall–Kier alpha value is -1.43. The Morgan fingerprint density at radius 1 is 1.21 bits per heavy atom. The minimum Gasteiger partial charge on any atom is -0.292 e. The lowest BCUT2D eigenvalue weighted by atomic mass is 10.1. The quantitative estimate of drug-likeness (QED) is 0.509. The van der Waals surface area contributed by atoms with Crippen molar-refractivity contribution in [2.75, 3.05) is 13.3 Å². The molecule has 28 heavy (non-hydrogen) atoms. The molecule has 0 spiro atoms. The summed E-state index contributed by atoms with van der Waals surface area (Å²) in [7, 11) is 0.970. The van der Waals surface area contributed by atoms with Gasteiger partial charge in [-0.2, -0.15) is 13.2 Å². The third kappa shape index (κ3) is 4.58. The van der Waals surface area contributed by atoms with Gasteiger partial charge in [0, 0.05) is 18.1 Å². The molecule has 0 saturated heterocycles. The Morgan fingerprint density at radius 2 is 1.79 bits per heavy atom. The van der Waals surface area contributed by atoms with Crippen LogP contribution in [0.1, 0.15) is 16.8 Å². The zero-order valence-electron chi connectivity index (χ0n) is 15.8. The molecule has 1 heterocycles. The summed E-state index contributed by atoms with van der Waals surface area (Å²) in [6.07, 6.45) is -0.375. The van der Waals surface area contributed by atoms with Crippen LogP contribution in [0.2, 0.25) is 5.02 Å². The van der Waals surface area contributed by atoms with Crippen molar-refractivity contribution in [2.45, 2.75) is 24.6 Å². The molecule has 2 aromatic rings. The normalized spacial score (nSPS) is 13.6. The van der Waals surface area contributed by atoms with Crippen LogP contribution in [0, 0.1) is 6.92 Å². The highest BCUT2D eigenvalue weighted by Gasteiger charge is 2.35. The van der Waals surface area contributed by atoms with E-state index in [9.17, 15) is 22.8 Å². The Labute approximate surface area is 170 Å². The van der Waals surface area contributed by atoms with E-state index in [0.717, 1.165) is 7.05 Å². The van der Waals surface area contributed by atoms with Gasteiger partial charge in [-0.15, -0.1) is 11.6 Å². The molecule has 0 aliphatic heterocycles. The second kappa shape index (κ2) is 7.77. The maximum absolute atomic E-state index is 13.1. The first-order chi connectivity index (χ1) is 12.6. The van der Waals surface area contributed by atoms with Gasteiger partial charge in [0.2, 0.25) is 0 Å². The molecule has 0 saturated carbocycles. The molecule has 1 aromatic carbocycles. The van der Waals surface area contributed by atoms with Gasteiger partial charge in [-0.3, -0.25) is 9.36 Å². The van der Waals surface area contributed by atoms with Gasteiger partial charge >= 0.3 is 11.9 Å². The Bertz CT molecular complexity index is 1080. The van der Waals surface area contributed by atoms with Gasteiger partial charge in [-0.25, -0.2) is 9.36 Å². The van der Waals surface area contributed by atoms with Gasteiger partial charge in [0.1, 0.15) is 5.69 Å². The number of aromatic nitrogens is 2. The molecule has 0 fully saturated rings. The van der Waals surface area contributed by atoms with Gasteiger partial charge in [-0.1, -0.05) is 24.8 Å². The molecule has 0 bridgehead atoms. The second-order valence-corrected chi connectivity index (χ2v) is 12.6. The molecule has 4 nitrogen and oxygen atoms in total. The number of alkyl halides is 4. The van der Waals surface area contributed by atoms with Crippen LogP contribution in [0.15, 0.2) is 27.8 Å². The van der Waals surface area contributed by atoms with Crippen LogP contribution in [0.3, 0.4) is 0 Å². The van der Waals surface area contributed by atoms with Crippen molar-refractivity contribution in [1.82, 2.24) is 9.13 Å². The smallest absolute Gasteiger partial charge is 0.292 e. The van der Waals surface area contributed by atoms with Crippen LogP contribution < -0.4 is 11.2 Å². The van der Waals surface area contributed by atoms with E-state index < -0.39 is 30.0 Å². The van der Waals surface area contributed by atoms with Gasteiger partial charge in [0.15, 0.2) is 0 Å². The number of nitrogens with zero attached hydrogens (tertiary/aromatic N) is 2. The van der Waals surface area contributed by atoms with Crippen molar-refractivity contribution in [3.05, 3.63) is 60.9 Å². The molecular weight excluding hydrogens is 435 g/mol. The zero-order valence-corrected chi connectivity index (χ0v) is 18.2. The van der Waals surface area contributed by atoms with Crippen LogP contribution in [0.4, 0.5) is 13.2 Å². The largest absolute Gasteiger partial charge is 0.431 e. The van der Waals surface area contributed by atoms with Crippen molar-refractivity contribution < 1.29 is 13.2 Å². The van der Waals surface area contributed by atoms with Gasteiger partial charge in [0.25, 0.3) is 5.56 Å². The molecular formula is C18H20Cl2F3N2O2P. The van der Waals surface area contributed by atoms with Crippen LogP contribution in [-0.2, 0) is 19.6 Å². The predicted molar refractivity (Wildman–Crippen MR) is 111 cm³/mol. The monoisotopic (exact) mass is 454 g/mol. The van der Waals surface area contributed by atoms with Crippen molar-refractivity contribution in [3.8, 4) is 5.69 Å². The molecule has 0 amide bonds. The summed E-state index contributed by atoms with van der Waals surface area (Å²) in [4.78, 5) is 24.9. The van der Waals surface area contributed by atoms with E-state index in [4.69, 9.17) is 23.2 Å². The third-order valence-corrected chi connectivity index (χ3v) is 8.15. The van der Waals surface area contributed by atoms with Crippen LogP contribution in [0.25, 0.3) is 5.69 Å². The molecule has 0 N–H and O–H groups in total. The number of aryl methyl sites for hydroxylation is 1. The van der Waals surface area contributed by atoms with Crippen LogP contribution >= 0.6 is 30.1 Å². The van der Waals surface area contributed by atoms with Crippen molar-refractivity contribution in [3.63, 3.8) is 0 Å². The average molecular weight is 455 g/mol. The first kappa shape index (κ1) is 22.9. The van der Waals surface area contributed by atoms with E-state index in [1.807, 2.05) is 13.3 Å². The Morgan fingerprint density at radius 3 is 2.29 bits per heavy atom. The van der Waals surface area contributed by atoms with Crippen molar-refractivity contribution >= 4 is 36.4 Å². The highest BCUT2D eigenvalue weighted by atomic mass is 35.5. The first-order valence-corrected chi connectivity index (χ1v) is 11.9. The lowest BCUT2D eigenvalue weighted by molar-refractivity contribution is -0.144. The van der Waals surface area contributed by atoms with E-state index >= 15 is 0 Å². The number of hydrogen-bond donors (Lipinski definition) is 0. The van der Waals surface area contributed by atoms with Crippen LogP contribution in [0.5, 0.6) is 0 Å². The summed E-state index contributed by atoms with van der Waals surface area (Å²) in [6.45, 7) is 3.89. The molecule has 0 radical (unpaired) electrons. The molecule has 0 aliphatic rings. The maximum atomic E-state index is 13.1. The highest BCUT2D eigenvalue weighted by molar-refractivity contribution is 7.74.